The van der Waals surface area contributed by atoms with Gasteiger partial charge in [0.1, 0.15) is 0 Å². The van der Waals surface area contributed by atoms with Gasteiger partial charge in [0.15, 0.2) is 0 Å². The number of nitrogens with zero attached hydrogens (tertiary/aromatic N) is 2. The van der Waals surface area contributed by atoms with Crippen LogP contribution in [-0.4, -0.2) is 24.0 Å². The van der Waals surface area contributed by atoms with Crippen LogP contribution in [0.3, 0.4) is 0 Å². The third-order valence-corrected chi connectivity index (χ3v) is 5.21. The Morgan fingerprint density at radius 2 is 1.87 bits per heavy atom. The molecule has 0 aliphatic carbocycles. The molecule has 0 spiro atoms. The van der Waals surface area contributed by atoms with Crippen LogP contribution in [0.15, 0.2) is 30.5 Å². The molecule has 2 rings (SSSR count). The number of sulfonamides is 1. The molecule has 0 atom stereocenters. The van der Waals surface area contributed by atoms with Crippen molar-refractivity contribution in [3.8, 4) is 5.69 Å². The van der Waals surface area contributed by atoms with Gasteiger partial charge in [0.2, 0.25) is 10.0 Å². The largest absolute Gasteiger partial charge is 0.280 e. The second kappa shape index (κ2) is 6.93. The quantitative estimate of drug-likeness (QED) is 0.850. The molecule has 0 radical (unpaired) electrons. The molecule has 0 bridgehead atoms. The molecular formula is C16H22ClN3O2S. The summed E-state index contributed by atoms with van der Waals surface area (Å²) in [6.07, 6.45) is 1.54. The van der Waals surface area contributed by atoms with Gasteiger partial charge in [0, 0.05) is 0 Å². The third-order valence-electron chi connectivity index (χ3n) is 3.25. The number of hydrogen-bond donors (Lipinski definition) is 1. The van der Waals surface area contributed by atoms with Crippen molar-refractivity contribution in [3.63, 3.8) is 0 Å². The van der Waals surface area contributed by atoms with Crippen molar-refractivity contribution < 1.29 is 8.42 Å². The molecule has 7 heteroatoms. The van der Waals surface area contributed by atoms with Gasteiger partial charge in [-0.05, 0) is 24.0 Å². The monoisotopic (exact) mass is 355 g/mol. The van der Waals surface area contributed by atoms with Gasteiger partial charge in [-0.25, -0.2) is 13.1 Å². The van der Waals surface area contributed by atoms with Crippen LogP contribution in [0.1, 0.15) is 39.3 Å². The van der Waals surface area contributed by atoms with E-state index < -0.39 is 10.0 Å². The van der Waals surface area contributed by atoms with Gasteiger partial charge in [-0.15, -0.1) is 0 Å². The van der Waals surface area contributed by atoms with E-state index in [2.05, 4.69) is 9.82 Å². The number of para-hydroxylation sites is 1. The molecule has 0 aliphatic heterocycles. The normalized spacial score (nSPS) is 12.1. The topological polar surface area (TPSA) is 64.0 Å². The lowest BCUT2D eigenvalue weighted by Gasteiger charge is -2.15. The summed E-state index contributed by atoms with van der Waals surface area (Å²) in [6, 6.07) is 7.35. The fraction of sp³-hybridized carbons (Fsp3) is 0.438. The highest BCUT2D eigenvalue weighted by molar-refractivity contribution is 7.92. The fourth-order valence-electron chi connectivity index (χ4n) is 2.46. The van der Waals surface area contributed by atoms with Crippen molar-refractivity contribution in [3.05, 3.63) is 41.2 Å². The average Bonchev–Trinajstić information content (AvgIpc) is 2.80. The minimum Gasteiger partial charge on any atom is -0.280 e. The lowest BCUT2D eigenvalue weighted by atomic mass is 10.1. The Hall–Kier alpha value is -1.53. The summed E-state index contributed by atoms with van der Waals surface area (Å²) in [5.74, 6) is 0.195. The van der Waals surface area contributed by atoms with E-state index in [0.717, 1.165) is 11.4 Å². The van der Waals surface area contributed by atoms with E-state index in [4.69, 9.17) is 11.6 Å². The lowest BCUT2D eigenvalue weighted by Crippen LogP contribution is -2.21. The first-order chi connectivity index (χ1) is 10.7. The molecule has 0 saturated carbocycles. The minimum absolute atomic E-state index is 0.0496. The van der Waals surface area contributed by atoms with Crippen LogP contribution < -0.4 is 4.72 Å². The van der Waals surface area contributed by atoms with Gasteiger partial charge in [0.25, 0.3) is 0 Å². The van der Waals surface area contributed by atoms with E-state index in [1.54, 1.807) is 10.7 Å². The van der Waals surface area contributed by atoms with Crippen molar-refractivity contribution in [1.82, 2.24) is 9.78 Å². The SMILES string of the molecule is CC(C)CS(=O)(=O)Nc1cnn(-c2ccccc2Cl)c1C(C)C. The first-order valence-corrected chi connectivity index (χ1v) is 9.57. The summed E-state index contributed by atoms with van der Waals surface area (Å²) in [5, 5.41) is 4.90. The molecule has 1 heterocycles. The first kappa shape index (κ1) is 17.8. The molecule has 23 heavy (non-hydrogen) atoms. The van der Waals surface area contributed by atoms with Gasteiger partial charge < -0.3 is 0 Å². The van der Waals surface area contributed by atoms with E-state index in [1.807, 2.05) is 45.9 Å². The highest BCUT2D eigenvalue weighted by Crippen LogP contribution is 2.30. The Kier molecular flexibility index (Phi) is 5.37. The van der Waals surface area contributed by atoms with Crippen molar-refractivity contribution in [2.45, 2.75) is 33.6 Å². The zero-order valence-electron chi connectivity index (χ0n) is 13.7. The summed E-state index contributed by atoms with van der Waals surface area (Å²) in [4.78, 5) is 0. The number of aromatic nitrogens is 2. The number of nitrogens with one attached hydrogen (secondary N) is 1. The number of benzene rings is 1. The van der Waals surface area contributed by atoms with Gasteiger partial charge in [0.05, 0.1) is 34.0 Å². The predicted octanol–water partition coefficient (Wildman–Crippen LogP) is 4.05. The molecule has 2 aromatic rings. The average molecular weight is 356 g/mol. The molecule has 0 aliphatic rings. The van der Waals surface area contributed by atoms with Crippen molar-refractivity contribution in [2.24, 2.45) is 5.92 Å². The molecule has 0 saturated heterocycles. The van der Waals surface area contributed by atoms with Crippen molar-refractivity contribution in [1.29, 1.82) is 0 Å². The molecule has 0 amide bonds. The maximum atomic E-state index is 12.2. The number of rotatable bonds is 6. The van der Waals surface area contributed by atoms with Crippen LogP contribution >= 0.6 is 11.6 Å². The van der Waals surface area contributed by atoms with E-state index in [1.165, 1.54) is 6.20 Å². The maximum absolute atomic E-state index is 12.2. The maximum Gasteiger partial charge on any atom is 0.233 e. The molecule has 126 valence electrons. The molecule has 5 nitrogen and oxygen atoms in total. The van der Waals surface area contributed by atoms with Crippen LogP contribution in [0, 0.1) is 5.92 Å². The molecule has 1 aromatic carbocycles. The number of halogens is 1. The summed E-state index contributed by atoms with van der Waals surface area (Å²) in [5.41, 5.74) is 2.01. The summed E-state index contributed by atoms with van der Waals surface area (Å²) < 4.78 is 28.8. The first-order valence-electron chi connectivity index (χ1n) is 7.54. The molecular weight excluding hydrogens is 334 g/mol. The van der Waals surface area contributed by atoms with Crippen molar-refractivity contribution >= 4 is 27.3 Å². The predicted molar refractivity (Wildman–Crippen MR) is 94.9 cm³/mol. The fourth-order valence-corrected chi connectivity index (χ4v) is 4.12. The third kappa shape index (κ3) is 4.26. The molecule has 1 aromatic heterocycles. The Bertz CT molecular complexity index is 782. The summed E-state index contributed by atoms with van der Waals surface area (Å²) >= 11 is 6.25. The smallest absolute Gasteiger partial charge is 0.233 e. The Labute approximate surface area is 142 Å². The zero-order chi connectivity index (χ0) is 17.2. The molecule has 1 N–H and O–H groups in total. The van der Waals surface area contributed by atoms with E-state index in [9.17, 15) is 8.42 Å². The van der Waals surface area contributed by atoms with Crippen LogP contribution in [0.25, 0.3) is 5.69 Å². The van der Waals surface area contributed by atoms with Crippen LogP contribution in [0.4, 0.5) is 5.69 Å². The van der Waals surface area contributed by atoms with Crippen molar-refractivity contribution in [2.75, 3.05) is 10.5 Å². The summed E-state index contributed by atoms with van der Waals surface area (Å²) in [6.45, 7) is 7.72. The van der Waals surface area contributed by atoms with Gasteiger partial charge in [-0.3, -0.25) is 4.72 Å². The molecule has 0 fully saturated rings. The standard InChI is InChI=1S/C16H22ClN3O2S/c1-11(2)10-23(21,22)19-14-9-18-20(16(14)12(3)4)15-8-6-5-7-13(15)17/h5-9,11-12,19H,10H2,1-4H3. The van der Waals surface area contributed by atoms with Crippen LogP contribution in [-0.2, 0) is 10.0 Å². The number of hydrogen-bond acceptors (Lipinski definition) is 3. The second-order valence-corrected chi connectivity index (χ2v) is 8.41. The Morgan fingerprint density at radius 3 is 2.43 bits per heavy atom. The number of anilines is 1. The Balaban J connectivity index is 2.46. The lowest BCUT2D eigenvalue weighted by molar-refractivity contribution is 0.587. The van der Waals surface area contributed by atoms with E-state index in [-0.39, 0.29) is 17.6 Å². The van der Waals surface area contributed by atoms with E-state index >= 15 is 0 Å². The molecule has 0 unspecified atom stereocenters. The van der Waals surface area contributed by atoms with Crippen LogP contribution in [0.5, 0.6) is 0 Å². The van der Waals surface area contributed by atoms with E-state index in [0.29, 0.717) is 10.7 Å². The van der Waals surface area contributed by atoms with Gasteiger partial charge in [-0.1, -0.05) is 51.4 Å². The highest BCUT2D eigenvalue weighted by atomic mass is 35.5. The van der Waals surface area contributed by atoms with Crippen LogP contribution in [0.2, 0.25) is 5.02 Å². The Morgan fingerprint density at radius 1 is 1.22 bits per heavy atom. The van der Waals surface area contributed by atoms with Gasteiger partial charge in [-0.2, -0.15) is 5.10 Å². The zero-order valence-corrected chi connectivity index (χ0v) is 15.3. The summed E-state index contributed by atoms with van der Waals surface area (Å²) in [7, 11) is -3.41. The highest BCUT2D eigenvalue weighted by Gasteiger charge is 2.21. The van der Waals surface area contributed by atoms with Gasteiger partial charge >= 0.3 is 0 Å². The minimum atomic E-state index is -3.41. The second-order valence-electron chi connectivity index (χ2n) is 6.24.